The second kappa shape index (κ2) is 6.84. The number of likely N-dealkylation sites (tertiary alicyclic amines) is 1. The third-order valence-corrected chi connectivity index (χ3v) is 6.38. The summed E-state index contributed by atoms with van der Waals surface area (Å²) in [4.78, 5) is 17.0. The van der Waals surface area contributed by atoms with Crippen molar-refractivity contribution in [3.8, 4) is 0 Å². The molecule has 0 unspecified atom stereocenters. The zero-order chi connectivity index (χ0) is 16.5. The Morgan fingerprint density at radius 1 is 1.18 bits per heavy atom. The van der Waals surface area contributed by atoms with E-state index in [1.165, 1.54) is 10.6 Å². The number of hydrogen-bond acceptors (Lipinski definition) is 4. The molecule has 0 aromatic carbocycles. The van der Waals surface area contributed by atoms with Gasteiger partial charge < -0.3 is 9.80 Å². The van der Waals surface area contributed by atoms with Crippen LogP contribution < -0.4 is 0 Å². The van der Waals surface area contributed by atoms with E-state index in [1.54, 1.807) is 0 Å². The van der Waals surface area contributed by atoms with Crippen LogP contribution >= 0.6 is 0 Å². The molecule has 0 aliphatic carbocycles. The summed E-state index contributed by atoms with van der Waals surface area (Å²) in [5.41, 5.74) is 0. The minimum atomic E-state index is -3.21. The Morgan fingerprint density at radius 3 is 2.45 bits per heavy atom. The van der Waals surface area contributed by atoms with Crippen LogP contribution in [-0.4, -0.2) is 81.0 Å². The standard InChI is InChI=1S/C15H29N3O3S/c1-12-10-16(2)9-7-14(12)17(3)15(19)13-6-5-8-18(11-13)22(4,20)21/h12-14H,5-11H2,1-4H3/t12-,13+,14-/m1/s1. The molecule has 0 aromatic rings. The van der Waals surface area contributed by atoms with E-state index in [9.17, 15) is 13.2 Å². The zero-order valence-corrected chi connectivity index (χ0v) is 15.0. The van der Waals surface area contributed by atoms with E-state index >= 15 is 0 Å². The third kappa shape index (κ3) is 4.00. The fourth-order valence-electron chi connectivity index (χ4n) is 3.81. The lowest BCUT2D eigenvalue weighted by Crippen LogP contribution is -2.53. The van der Waals surface area contributed by atoms with Crippen molar-refractivity contribution in [3.05, 3.63) is 0 Å². The van der Waals surface area contributed by atoms with Gasteiger partial charge in [0.2, 0.25) is 15.9 Å². The summed E-state index contributed by atoms with van der Waals surface area (Å²) < 4.78 is 24.9. The number of carbonyl (C=O) groups excluding carboxylic acids is 1. The fraction of sp³-hybridized carbons (Fsp3) is 0.933. The van der Waals surface area contributed by atoms with Crippen molar-refractivity contribution < 1.29 is 13.2 Å². The molecule has 0 radical (unpaired) electrons. The van der Waals surface area contributed by atoms with Gasteiger partial charge in [-0.1, -0.05) is 6.92 Å². The van der Waals surface area contributed by atoms with Gasteiger partial charge in [0.25, 0.3) is 0 Å². The van der Waals surface area contributed by atoms with Gasteiger partial charge in [0.05, 0.1) is 12.2 Å². The molecule has 0 bridgehead atoms. The van der Waals surface area contributed by atoms with Crippen LogP contribution in [-0.2, 0) is 14.8 Å². The number of nitrogens with zero attached hydrogens (tertiary/aromatic N) is 3. The van der Waals surface area contributed by atoms with Crippen LogP contribution in [0.25, 0.3) is 0 Å². The van der Waals surface area contributed by atoms with Crippen LogP contribution in [0, 0.1) is 11.8 Å². The Balaban J connectivity index is 2.01. The van der Waals surface area contributed by atoms with Crippen LogP contribution in [0.3, 0.4) is 0 Å². The molecule has 3 atom stereocenters. The minimum Gasteiger partial charge on any atom is -0.342 e. The van der Waals surface area contributed by atoms with E-state index in [0.717, 1.165) is 32.4 Å². The number of sulfonamides is 1. The van der Waals surface area contributed by atoms with Gasteiger partial charge in [0.15, 0.2) is 0 Å². The first-order chi connectivity index (χ1) is 10.2. The molecule has 2 rings (SSSR count). The normalized spacial score (nSPS) is 31.9. The molecular weight excluding hydrogens is 302 g/mol. The summed E-state index contributed by atoms with van der Waals surface area (Å²) >= 11 is 0. The lowest BCUT2D eigenvalue weighted by atomic mass is 9.91. The predicted molar refractivity (Wildman–Crippen MR) is 87.0 cm³/mol. The van der Waals surface area contributed by atoms with Crippen molar-refractivity contribution in [1.29, 1.82) is 0 Å². The Hall–Kier alpha value is -0.660. The third-order valence-electron chi connectivity index (χ3n) is 5.11. The number of rotatable bonds is 3. The molecule has 2 heterocycles. The molecule has 0 aromatic heterocycles. The molecular formula is C15H29N3O3S. The molecule has 0 spiro atoms. The highest BCUT2D eigenvalue weighted by Gasteiger charge is 2.36. The summed E-state index contributed by atoms with van der Waals surface area (Å²) in [6, 6.07) is 0.261. The first-order valence-corrected chi connectivity index (χ1v) is 9.95. The second-order valence-corrected chi connectivity index (χ2v) is 8.99. The smallest absolute Gasteiger partial charge is 0.227 e. The van der Waals surface area contributed by atoms with Crippen LogP contribution in [0.1, 0.15) is 26.2 Å². The maximum atomic E-state index is 12.8. The molecule has 2 aliphatic rings. The lowest BCUT2D eigenvalue weighted by molar-refractivity contribution is -0.139. The summed E-state index contributed by atoms with van der Waals surface area (Å²) in [6.07, 6.45) is 3.77. The monoisotopic (exact) mass is 331 g/mol. The minimum absolute atomic E-state index is 0.106. The average Bonchev–Trinajstić information content (AvgIpc) is 2.45. The first-order valence-electron chi connectivity index (χ1n) is 8.10. The SMILES string of the molecule is C[C@@H]1CN(C)CC[C@H]1N(C)C(=O)[C@H]1CCCN(S(C)(=O)=O)C1. The topological polar surface area (TPSA) is 60.9 Å². The van der Waals surface area contributed by atoms with Crippen molar-refractivity contribution in [2.24, 2.45) is 11.8 Å². The second-order valence-electron chi connectivity index (χ2n) is 7.00. The summed E-state index contributed by atoms with van der Waals surface area (Å²) in [5, 5.41) is 0. The highest BCUT2D eigenvalue weighted by atomic mass is 32.2. The maximum absolute atomic E-state index is 12.8. The van der Waals surface area contributed by atoms with Crippen LogP contribution in [0.2, 0.25) is 0 Å². The van der Waals surface area contributed by atoms with Crippen LogP contribution in [0.4, 0.5) is 0 Å². The maximum Gasteiger partial charge on any atom is 0.227 e. The molecule has 128 valence electrons. The van der Waals surface area contributed by atoms with Gasteiger partial charge in [-0.25, -0.2) is 12.7 Å². The van der Waals surface area contributed by atoms with E-state index in [2.05, 4.69) is 18.9 Å². The number of carbonyl (C=O) groups is 1. The van der Waals surface area contributed by atoms with Crippen molar-refractivity contribution in [2.75, 3.05) is 46.5 Å². The average molecular weight is 331 g/mol. The molecule has 2 aliphatic heterocycles. The van der Waals surface area contributed by atoms with Gasteiger partial charge in [-0.15, -0.1) is 0 Å². The summed E-state index contributed by atoms with van der Waals surface area (Å²) in [6.45, 7) is 5.07. The molecule has 22 heavy (non-hydrogen) atoms. The van der Waals surface area contributed by atoms with E-state index in [0.29, 0.717) is 19.0 Å². The van der Waals surface area contributed by atoms with Gasteiger partial charge in [0.1, 0.15) is 0 Å². The van der Waals surface area contributed by atoms with E-state index in [4.69, 9.17) is 0 Å². The Labute approximate surface area is 134 Å². The molecule has 0 saturated carbocycles. The summed E-state index contributed by atoms with van der Waals surface area (Å²) in [5.74, 6) is 0.359. The van der Waals surface area contributed by atoms with Gasteiger partial charge in [-0.05, 0) is 38.8 Å². The number of amides is 1. The Morgan fingerprint density at radius 2 is 1.86 bits per heavy atom. The molecule has 1 amide bonds. The van der Waals surface area contributed by atoms with E-state index in [1.807, 2.05) is 11.9 Å². The number of piperidine rings is 2. The number of hydrogen-bond donors (Lipinski definition) is 0. The molecule has 6 nitrogen and oxygen atoms in total. The highest BCUT2D eigenvalue weighted by Crippen LogP contribution is 2.25. The molecule has 2 saturated heterocycles. The fourth-order valence-corrected chi connectivity index (χ4v) is 4.73. The first kappa shape index (κ1) is 17.7. The van der Waals surface area contributed by atoms with E-state index < -0.39 is 10.0 Å². The Kier molecular flexibility index (Phi) is 5.50. The van der Waals surface area contributed by atoms with Crippen molar-refractivity contribution >= 4 is 15.9 Å². The molecule has 0 N–H and O–H groups in total. The lowest BCUT2D eigenvalue weighted by Gasteiger charge is -2.42. The van der Waals surface area contributed by atoms with E-state index in [-0.39, 0.29) is 17.9 Å². The van der Waals surface area contributed by atoms with Crippen molar-refractivity contribution in [2.45, 2.75) is 32.2 Å². The quantitative estimate of drug-likeness (QED) is 0.754. The van der Waals surface area contributed by atoms with Gasteiger partial charge in [-0.2, -0.15) is 0 Å². The Bertz CT molecular complexity index is 508. The van der Waals surface area contributed by atoms with Gasteiger partial charge >= 0.3 is 0 Å². The van der Waals surface area contributed by atoms with Crippen LogP contribution in [0.15, 0.2) is 0 Å². The van der Waals surface area contributed by atoms with Crippen molar-refractivity contribution in [1.82, 2.24) is 14.1 Å². The van der Waals surface area contributed by atoms with Gasteiger partial charge in [-0.3, -0.25) is 4.79 Å². The summed E-state index contributed by atoms with van der Waals surface area (Å²) in [7, 11) is 0.789. The van der Waals surface area contributed by atoms with Crippen molar-refractivity contribution in [3.63, 3.8) is 0 Å². The van der Waals surface area contributed by atoms with Crippen LogP contribution in [0.5, 0.6) is 0 Å². The zero-order valence-electron chi connectivity index (χ0n) is 14.2. The highest BCUT2D eigenvalue weighted by molar-refractivity contribution is 7.88. The largest absolute Gasteiger partial charge is 0.342 e. The molecule has 7 heteroatoms. The molecule has 2 fully saturated rings. The van der Waals surface area contributed by atoms with Gasteiger partial charge in [0, 0.05) is 32.7 Å². The predicted octanol–water partition coefficient (Wildman–Crippen LogP) is 0.457.